The first-order valence-electron chi connectivity index (χ1n) is 6.74. The van der Waals surface area contributed by atoms with Gasteiger partial charge in [0.2, 0.25) is 0 Å². The first-order valence-corrected chi connectivity index (χ1v) is 7.88. The zero-order valence-corrected chi connectivity index (χ0v) is 15.1. The number of methoxy groups -OCH3 is 1. The van der Waals surface area contributed by atoms with Crippen molar-refractivity contribution in [2.75, 3.05) is 24.8 Å². The molecule has 10 heteroatoms. The molecule has 2 rings (SSSR count). The zero-order chi connectivity index (χ0) is 18.6. The van der Waals surface area contributed by atoms with Gasteiger partial charge in [-0.05, 0) is 24.3 Å². The van der Waals surface area contributed by atoms with E-state index in [1.165, 1.54) is 7.11 Å². The smallest absolute Gasteiger partial charge is 0.359 e. The lowest BCUT2D eigenvalue weighted by Crippen LogP contribution is -2.21. The van der Waals surface area contributed by atoms with Gasteiger partial charge in [0.25, 0.3) is 5.91 Å². The van der Waals surface area contributed by atoms with Crippen LogP contribution in [0.3, 0.4) is 0 Å². The summed E-state index contributed by atoms with van der Waals surface area (Å²) < 4.78 is 9.87. The van der Waals surface area contributed by atoms with E-state index in [0.717, 1.165) is 0 Å². The maximum Gasteiger partial charge on any atom is 0.359 e. The van der Waals surface area contributed by atoms with Crippen molar-refractivity contribution in [1.82, 2.24) is 4.98 Å². The fourth-order valence-corrected chi connectivity index (χ4v) is 2.32. The summed E-state index contributed by atoms with van der Waals surface area (Å²) in [4.78, 5) is 27.5. The SMILES string of the molecule is COc1ccc(NC(=O)COC(=O)c2nc(Cl)c(Cl)c(N)c2Cl)cc1. The Morgan fingerprint density at radius 2 is 1.80 bits per heavy atom. The summed E-state index contributed by atoms with van der Waals surface area (Å²) in [6.45, 7) is -0.553. The van der Waals surface area contributed by atoms with Gasteiger partial charge in [-0.25, -0.2) is 9.78 Å². The van der Waals surface area contributed by atoms with Crippen LogP contribution in [0, 0.1) is 0 Å². The zero-order valence-electron chi connectivity index (χ0n) is 12.8. The lowest BCUT2D eigenvalue weighted by molar-refractivity contribution is -0.119. The van der Waals surface area contributed by atoms with Crippen LogP contribution in [0.1, 0.15) is 10.5 Å². The summed E-state index contributed by atoms with van der Waals surface area (Å²) in [5.41, 5.74) is 5.70. The third kappa shape index (κ3) is 4.66. The number of benzene rings is 1. The van der Waals surface area contributed by atoms with E-state index in [1.807, 2.05) is 0 Å². The monoisotopic (exact) mass is 403 g/mol. The van der Waals surface area contributed by atoms with Gasteiger partial charge in [0.15, 0.2) is 17.5 Å². The van der Waals surface area contributed by atoms with Crippen LogP contribution in [0.4, 0.5) is 11.4 Å². The molecule has 0 fully saturated rings. The number of anilines is 2. The predicted molar refractivity (Wildman–Crippen MR) is 95.6 cm³/mol. The number of carbonyl (C=O) groups excluding carboxylic acids is 2. The highest BCUT2D eigenvalue weighted by atomic mass is 35.5. The van der Waals surface area contributed by atoms with Crippen molar-refractivity contribution in [2.45, 2.75) is 0 Å². The van der Waals surface area contributed by atoms with Gasteiger partial charge in [-0.15, -0.1) is 0 Å². The van der Waals surface area contributed by atoms with Crippen molar-refractivity contribution in [3.05, 3.63) is 45.2 Å². The Morgan fingerprint density at radius 3 is 2.40 bits per heavy atom. The highest BCUT2D eigenvalue weighted by Crippen LogP contribution is 2.34. The second-order valence-corrected chi connectivity index (χ2v) is 5.76. The van der Waals surface area contributed by atoms with E-state index in [0.29, 0.717) is 11.4 Å². The van der Waals surface area contributed by atoms with Crippen LogP contribution in [-0.2, 0) is 9.53 Å². The summed E-state index contributed by atoms with van der Waals surface area (Å²) in [6, 6.07) is 6.61. The molecule has 1 aromatic heterocycles. The van der Waals surface area contributed by atoms with Crippen LogP contribution in [0.5, 0.6) is 5.75 Å². The number of carbonyl (C=O) groups is 2. The number of ether oxygens (including phenoxy) is 2. The summed E-state index contributed by atoms with van der Waals surface area (Å²) >= 11 is 17.4. The molecular weight excluding hydrogens is 393 g/mol. The molecule has 25 heavy (non-hydrogen) atoms. The molecule has 0 saturated carbocycles. The molecular formula is C15H12Cl3N3O4. The van der Waals surface area contributed by atoms with E-state index in [-0.39, 0.29) is 26.6 Å². The average molecular weight is 405 g/mol. The molecule has 3 N–H and O–H groups in total. The van der Waals surface area contributed by atoms with Crippen molar-refractivity contribution in [3.63, 3.8) is 0 Å². The van der Waals surface area contributed by atoms with Gasteiger partial charge in [-0.3, -0.25) is 4.79 Å². The highest BCUT2D eigenvalue weighted by molar-refractivity contribution is 6.46. The second kappa shape index (κ2) is 8.24. The lowest BCUT2D eigenvalue weighted by atomic mass is 10.3. The first-order chi connectivity index (χ1) is 11.8. The summed E-state index contributed by atoms with van der Waals surface area (Å²) in [5, 5.41) is 2.09. The number of nitrogens with two attached hydrogens (primary N) is 1. The number of rotatable bonds is 5. The number of nitrogens with zero attached hydrogens (tertiary/aromatic N) is 1. The van der Waals surface area contributed by atoms with Crippen molar-refractivity contribution in [3.8, 4) is 5.75 Å². The number of aromatic nitrogens is 1. The predicted octanol–water partition coefficient (Wildman–Crippen LogP) is 3.43. The standard InChI is InChI=1S/C15H12Cl3N3O4/c1-24-8-4-2-7(3-5-8)20-9(22)6-25-15(23)13-10(16)12(19)11(17)14(18)21-13/h2-5H,6H2,1H3,(H2,19,21)(H,20,22). The Labute approximate surface area is 158 Å². The van der Waals surface area contributed by atoms with Gasteiger partial charge in [0.1, 0.15) is 10.8 Å². The van der Waals surface area contributed by atoms with Crippen molar-refractivity contribution >= 4 is 58.1 Å². The molecule has 2 aromatic rings. The summed E-state index contributed by atoms with van der Waals surface area (Å²) in [7, 11) is 1.53. The average Bonchev–Trinajstić information content (AvgIpc) is 2.61. The Balaban J connectivity index is 1.98. The summed E-state index contributed by atoms with van der Waals surface area (Å²) in [6.07, 6.45) is 0. The van der Waals surface area contributed by atoms with Crippen LogP contribution in [0.15, 0.2) is 24.3 Å². The number of esters is 1. The molecule has 0 bridgehead atoms. The third-order valence-electron chi connectivity index (χ3n) is 2.97. The fraction of sp³-hybridized carbons (Fsp3) is 0.133. The van der Waals surface area contributed by atoms with Crippen LogP contribution >= 0.6 is 34.8 Å². The number of nitrogen functional groups attached to an aromatic ring is 1. The second-order valence-electron chi connectivity index (χ2n) is 4.65. The Kier molecular flexibility index (Phi) is 6.30. The highest BCUT2D eigenvalue weighted by Gasteiger charge is 2.21. The van der Waals surface area contributed by atoms with Gasteiger partial charge in [-0.1, -0.05) is 34.8 Å². The van der Waals surface area contributed by atoms with Crippen LogP contribution in [-0.4, -0.2) is 30.6 Å². The molecule has 0 atom stereocenters. The number of amides is 1. The normalized spacial score (nSPS) is 10.2. The number of halogens is 3. The molecule has 7 nitrogen and oxygen atoms in total. The molecule has 0 saturated heterocycles. The van der Waals surface area contributed by atoms with Crippen molar-refractivity contribution < 1.29 is 19.1 Å². The van der Waals surface area contributed by atoms with Gasteiger partial charge < -0.3 is 20.5 Å². The molecule has 1 amide bonds. The largest absolute Gasteiger partial charge is 0.497 e. The maximum atomic E-state index is 12.0. The van der Waals surface area contributed by atoms with Gasteiger partial charge >= 0.3 is 5.97 Å². The summed E-state index contributed by atoms with van der Waals surface area (Å²) in [5.74, 6) is -0.870. The number of hydrogen-bond acceptors (Lipinski definition) is 6. The molecule has 0 aliphatic rings. The first kappa shape index (κ1) is 19.1. The van der Waals surface area contributed by atoms with E-state index < -0.39 is 18.5 Å². The number of pyridine rings is 1. The molecule has 132 valence electrons. The van der Waals surface area contributed by atoms with Gasteiger partial charge in [0, 0.05) is 5.69 Å². The van der Waals surface area contributed by atoms with Gasteiger partial charge in [-0.2, -0.15) is 0 Å². The lowest BCUT2D eigenvalue weighted by Gasteiger charge is -2.10. The van der Waals surface area contributed by atoms with E-state index in [9.17, 15) is 9.59 Å². The molecule has 1 heterocycles. The molecule has 0 radical (unpaired) electrons. The maximum absolute atomic E-state index is 12.0. The Bertz CT molecular complexity index is 813. The number of nitrogens with one attached hydrogen (secondary N) is 1. The molecule has 0 spiro atoms. The quantitative estimate of drug-likeness (QED) is 0.584. The van der Waals surface area contributed by atoms with Crippen LogP contribution in [0.2, 0.25) is 15.2 Å². The minimum atomic E-state index is -0.958. The topological polar surface area (TPSA) is 104 Å². The van der Waals surface area contributed by atoms with E-state index >= 15 is 0 Å². The minimum Gasteiger partial charge on any atom is -0.497 e. The molecule has 0 aliphatic carbocycles. The molecule has 0 aliphatic heterocycles. The van der Waals surface area contributed by atoms with Crippen LogP contribution < -0.4 is 15.8 Å². The fourth-order valence-electron chi connectivity index (χ4n) is 1.74. The van der Waals surface area contributed by atoms with Crippen molar-refractivity contribution in [2.24, 2.45) is 0 Å². The van der Waals surface area contributed by atoms with Gasteiger partial charge in [0.05, 0.1) is 17.8 Å². The molecule has 0 unspecified atom stereocenters. The van der Waals surface area contributed by atoms with Crippen molar-refractivity contribution in [1.29, 1.82) is 0 Å². The van der Waals surface area contributed by atoms with E-state index in [1.54, 1.807) is 24.3 Å². The van der Waals surface area contributed by atoms with E-state index in [2.05, 4.69) is 10.3 Å². The third-order valence-corrected chi connectivity index (χ3v) is 4.11. The minimum absolute atomic E-state index is 0.0690. The Morgan fingerprint density at radius 1 is 1.16 bits per heavy atom. The van der Waals surface area contributed by atoms with Crippen LogP contribution in [0.25, 0.3) is 0 Å². The molecule has 1 aromatic carbocycles. The Hall–Kier alpha value is -2.22. The van der Waals surface area contributed by atoms with E-state index in [4.69, 9.17) is 50.0 Å². The number of hydrogen-bond donors (Lipinski definition) is 2.